The van der Waals surface area contributed by atoms with Gasteiger partial charge in [0, 0.05) is 13.1 Å². The van der Waals surface area contributed by atoms with E-state index in [-0.39, 0.29) is 5.91 Å². The Morgan fingerprint density at radius 3 is 2.09 bits per heavy atom. The molecule has 22 heavy (non-hydrogen) atoms. The van der Waals surface area contributed by atoms with Crippen LogP contribution in [0, 0.1) is 0 Å². The maximum absolute atomic E-state index is 11.0. The molecule has 108 valence electrons. The Bertz CT molecular complexity index is 773. The molecular weight excluding hydrogens is 282 g/mol. The molecule has 3 rings (SSSR count). The minimum atomic E-state index is -0.158. The zero-order valence-electron chi connectivity index (χ0n) is 11.6. The number of anilines is 1. The topological polar surface area (TPSA) is 106 Å². The van der Waals surface area contributed by atoms with Gasteiger partial charge in [0.1, 0.15) is 11.4 Å². The average Bonchev–Trinajstić information content (AvgIpc) is 2.56. The van der Waals surface area contributed by atoms with Crippen LogP contribution in [-0.2, 0) is 4.79 Å². The van der Waals surface area contributed by atoms with Crippen molar-refractivity contribution in [1.29, 1.82) is 0 Å². The van der Waals surface area contributed by atoms with Gasteiger partial charge in [0.05, 0.1) is 11.9 Å². The van der Waals surface area contributed by atoms with E-state index in [9.17, 15) is 4.79 Å². The van der Waals surface area contributed by atoms with Gasteiger partial charge in [-0.25, -0.2) is 0 Å². The van der Waals surface area contributed by atoms with Crippen LogP contribution in [-0.4, -0.2) is 36.3 Å². The molecule has 0 atom stereocenters. The summed E-state index contributed by atoms with van der Waals surface area (Å²) in [6, 6.07) is 8.81. The fraction of sp³-hybridized carbons (Fsp3) is 0.0714. The zero-order chi connectivity index (χ0) is 15.4. The summed E-state index contributed by atoms with van der Waals surface area (Å²) >= 11 is 0. The first-order valence-corrected chi connectivity index (χ1v) is 6.45. The Morgan fingerprint density at radius 2 is 1.59 bits per heavy atom. The van der Waals surface area contributed by atoms with Crippen molar-refractivity contribution in [1.82, 2.24) is 30.4 Å². The molecule has 0 unspecified atom stereocenters. The smallest absolute Gasteiger partial charge is 0.221 e. The number of nitrogens with zero attached hydrogens (tertiary/aromatic N) is 6. The Labute approximate surface area is 125 Å². The van der Waals surface area contributed by atoms with Crippen molar-refractivity contribution < 1.29 is 4.79 Å². The van der Waals surface area contributed by atoms with E-state index in [0.29, 0.717) is 28.7 Å². The van der Waals surface area contributed by atoms with Crippen molar-refractivity contribution in [2.45, 2.75) is 6.92 Å². The van der Waals surface area contributed by atoms with E-state index in [1.54, 1.807) is 30.5 Å². The Morgan fingerprint density at radius 1 is 0.909 bits per heavy atom. The lowest BCUT2D eigenvalue weighted by Gasteiger charge is -2.02. The molecule has 1 N–H and O–H groups in total. The van der Waals surface area contributed by atoms with E-state index in [4.69, 9.17) is 0 Å². The van der Waals surface area contributed by atoms with Gasteiger partial charge in [-0.3, -0.25) is 14.8 Å². The van der Waals surface area contributed by atoms with Crippen LogP contribution in [0.25, 0.3) is 23.0 Å². The molecule has 8 nitrogen and oxygen atoms in total. The number of nitrogens with one attached hydrogen (secondary N) is 1. The molecule has 0 aromatic carbocycles. The number of carbonyl (C=O) groups is 1. The van der Waals surface area contributed by atoms with Crippen LogP contribution in [0.4, 0.5) is 5.69 Å². The first-order valence-electron chi connectivity index (χ1n) is 6.45. The lowest BCUT2D eigenvalue weighted by Crippen LogP contribution is -2.06. The summed E-state index contributed by atoms with van der Waals surface area (Å²) in [4.78, 5) is 19.2. The molecule has 8 heteroatoms. The molecule has 0 saturated heterocycles. The Balaban J connectivity index is 1.82. The van der Waals surface area contributed by atoms with Gasteiger partial charge in [-0.15, -0.1) is 20.4 Å². The third kappa shape index (κ3) is 3.06. The summed E-state index contributed by atoms with van der Waals surface area (Å²) in [5, 5.41) is 18.6. The SMILES string of the molecule is CC(=O)Nc1ccc(-c2nnc(-c3ccccn3)nn2)nc1. The van der Waals surface area contributed by atoms with Crippen LogP contribution in [0.3, 0.4) is 0 Å². The minimum absolute atomic E-state index is 0.158. The van der Waals surface area contributed by atoms with E-state index in [2.05, 4.69) is 35.7 Å². The van der Waals surface area contributed by atoms with Gasteiger partial charge in [-0.05, 0) is 24.3 Å². The fourth-order valence-corrected chi connectivity index (χ4v) is 1.73. The summed E-state index contributed by atoms with van der Waals surface area (Å²) in [5.41, 5.74) is 1.71. The maximum Gasteiger partial charge on any atom is 0.221 e. The van der Waals surface area contributed by atoms with Crippen molar-refractivity contribution in [2.75, 3.05) is 5.32 Å². The van der Waals surface area contributed by atoms with Gasteiger partial charge in [0.2, 0.25) is 17.6 Å². The minimum Gasteiger partial charge on any atom is -0.325 e. The van der Waals surface area contributed by atoms with Gasteiger partial charge < -0.3 is 5.32 Å². The second-order valence-electron chi connectivity index (χ2n) is 4.38. The second kappa shape index (κ2) is 6.00. The lowest BCUT2D eigenvalue weighted by molar-refractivity contribution is -0.114. The van der Waals surface area contributed by atoms with Gasteiger partial charge >= 0.3 is 0 Å². The van der Waals surface area contributed by atoms with Gasteiger partial charge in [0.15, 0.2) is 0 Å². The highest BCUT2D eigenvalue weighted by molar-refractivity contribution is 5.88. The molecule has 0 bridgehead atoms. The third-order valence-electron chi connectivity index (χ3n) is 2.69. The Kier molecular flexibility index (Phi) is 3.73. The summed E-state index contributed by atoms with van der Waals surface area (Å²) in [5.74, 6) is 0.488. The molecule has 0 saturated carbocycles. The van der Waals surface area contributed by atoms with Crippen LogP contribution in [0.1, 0.15) is 6.92 Å². The number of carbonyl (C=O) groups excluding carboxylic acids is 1. The molecule has 0 aliphatic carbocycles. The summed E-state index contributed by atoms with van der Waals surface area (Å²) in [6.07, 6.45) is 3.17. The van der Waals surface area contributed by atoms with E-state index in [0.717, 1.165) is 0 Å². The van der Waals surface area contributed by atoms with Crippen molar-refractivity contribution in [3.8, 4) is 23.0 Å². The maximum atomic E-state index is 11.0. The molecule has 0 aliphatic rings. The number of amides is 1. The van der Waals surface area contributed by atoms with Crippen LogP contribution < -0.4 is 5.32 Å². The zero-order valence-corrected chi connectivity index (χ0v) is 11.6. The average molecular weight is 293 g/mol. The van der Waals surface area contributed by atoms with E-state index >= 15 is 0 Å². The summed E-state index contributed by atoms with van der Waals surface area (Å²) < 4.78 is 0. The first-order chi connectivity index (χ1) is 10.7. The molecule has 3 aromatic heterocycles. The van der Waals surface area contributed by atoms with Crippen molar-refractivity contribution in [3.05, 3.63) is 42.7 Å². The van der Waals surface area contributed by atoms with E-state index in [1.807, 2.05) is 6.07 Å². The molecule has 0 spiro atoms. The predicted molar refractivity (Wildman–Crippen MR) is 78.4 cm³/mol. The second-order valence-corrected chi connectivity index (χ2v) is 4.38. The number of pyridine rings is 2. The van der Waals surface area contributed by atoms with Crippen LogP contribution in [0.5, 0.6) is 0 Å². The van der Waals surface area contributed by atoms with Crippen LogP contribution in [0.15, 0.2) is 42.7 Å². The third-order valence-corrected chi connectivity index (χ3v) is 2.69. The van der Waals surface area contributed by atoms with Gasteiger partial charge in [0.25, 0.3) is 0 Å². The van der Waals surface area contributed by atoms with Gasteiger partial charge in [-0.1, -0.05) is 6.07 Å². The lowest BCUT2D eigenvalue weighted by atomic mass is 10.3. The van der Waals surface area contributed by atoms with Gasteiger partial charge in [-0.2, -0.15) is 0 Å². The Hall–Kier alpha value is -3.29. The number of hydrogen-bond acceptors (Lipinski definition) is 7. The summed E-state index contributed by atoms with van der Waals surface area (Å²) in [7, 11) is 0. The standard InChI is InChI=1S/C14H11N7O/c1-9(22)17-10-5-6-12(16-8-10)14-20-18-13(19-21-14)11-4-2-3-7-15-11/h2-8H,1H3,(H,17,22). The highest BCUT2D eigenvalue weighted by Gasteiger charge is 2.08. The van der Waals surface area contributed by atoms with Crippen LogP contribution >= 0.6 is 0 Å². The molecular formula is C14H11N7O. The molecule has 0 fully saturated rings. The van der Waals surface area contributed by atoms with Crippen LogP contribution in [0.2, 0.25) is 0 Å². The highest BCUT2D eigenvalue weighted by atomic mass is 16.1. The molecule has 0 aliphatic heterocycles. The normalized spacial score (nSPS) is 10.2. The largest absolute Gasteiger partial charge is 0.325 e. The predicted octanol–water partition coefficient (Wildman–Crippen LogP) is 1.35. The number of aromatic nitrogens is 6. The van der Waals surface area contributed by atoms with E-state index in [1.165, 1.54) is 13.1 Å². The van der Waals surface area contributed by atoms with Crippen molar-refractivity contribution in [3.63, 3.8) is 0 Å². The molecule has 1 amide bonds. The summed E-state index contributed by atoms with van der Waals surface area (Å²) in [6.45, 7) is 1.43. The molecule has 3 heterocycles. The van der Waals surface area contributed by atoms with E-state index < -0.39 is 0 Å². The van der Waals surface area contributed by atoms with Crippen molar-refractivity contribution >= 4 is 11.6 Å². The first kappa shape index (κ1) is 13.7. The van der Waals surface area contributed by atoms with Crippen molar-refractivity contribution in [2.24, 2.45) is 0 Å². The monoisotopic (exact) mass is 293 g/mol. The molecule has 3 aromatic rings. The number of rotatable bonds is 3. The quantitative estimate of drug-likeness (QED) is 0.776. The molecule has 0 radical (unpaired) electrons. The fourth-order valence-electron chi connectivity index (χ4n) is 1.73. The number of hydrogen-bond donors (Lipinski definition) is 1. The highest BCUT2D eigenvalue weighted by Crippen LogP contribution is 2.14.